The van der Waals surface area contributed by atoms with Gasteiger partial charge in [-0.3, -0.25) is 0 Å². The smallest absolute Gasteiger partial charge is 0.170 e. The van der Waals surface area contributed by atoms with E-state index in [2.05, 4.69) is 13.0 Å². The molecule has 0 bridgehead atoms. The summed E-state index contributed by atoms with van der Waals surface area (Å²) in [5.74, 6) is 2.28. The van der Waals surface area contributed by atoms with Crippen LogP contribution >= 0.6 is 0 Å². The van der Waals surface area contributed by atoms with Crippen molar-refractivity contribution >= 4 is 16.6 Å². The fourth-order valence-corrected chi connectivity index (χ4v) is 4.38. The van der Waals surface area contributed by atoms with Gasteiger partial charge >= 0.3 is 0 Å². The van der Waals surface area contributed by atoms with Gasteiger partial charge in [-0.25, -0.2) is 4.98 Å². The fourth-order valence-electron chi connectivity index (χ4n) is 4.38. The zero-order chi connectivity index (χ0) is 19.4. The monoisotopic (exact) mass is 371 g/mol. The van der Waals surface area contributed by atoms with E-state index in [1.54, 1.807) is 14.2 Å². The van der Waals surface area contributed by atoms with Crippen molar-refractivity contribution in [3.8, 4) is 11.5 Å². The number of nitrogens with two attached hydrogens (primary N) is 2. The van der Waals surface area contributed by atoms with E-state index in [0.29, 0.717) is 35.6 Å². The second kappa shape index (κ2) is 8.79. The first-order valence-corrected chi connectivity index (χ1v) is 10.2. The SMILES string of the molecule is COc1cc(N)c2nc(C3CCCCC3)c(C(C)CCCN)cc2c1OC. The Kier molecular flexibility index (Phi) is 6.42. The van der Waals surface area contributed by atoms with Gasteiger partial charge in [0.15, 0.2) is 11.5 Å². The maximum absolute atomic E-state index is 6.35. The van der Waals surface area contributed by atoms with Gasteiger partial charge in [0.2, 0.25) is 0 Å². The molecule has 3 rings (SSSR count). The first kappa shape index (κ1) is 19.7. The number of fused-ring (bicyclic) bond motifs is 1. The first-order valence-electron chi connectivity index (χ1n) is 10.2. The molecule has 1 aromatic heterocycles. The summed E-state index contributed by atoms with van der Waals surface area (Å²) in [6.07, 6.45) is 8.39. The maximum Gasteiger partial charge on any atom is 0.170 e. The van der Waals surface area contributed by atoms with Gasteiger partial charge in [0.1, 0.15) is 0 Å². The van der Waals surface area contributed by atoms with Crippen LogP contribution in [0.3, 0.4) is 0 Å². The van der Waals surface area contributed by atoms with E-state index in [-0.39, 0.29) is 0 Å². The molecule has 27 heavy (non-hydrogen) atoms. The van der Waals surface area contributed by atoms with Gasteiger partial charge in [0.25, 0.3) is 0 Å². The van der Waals surface area contributed by atoms with Gasteiger partial charge in [-0.15, -0.1) is 0 Å². The Hall–Kier alpha value is -2.01. The third-order valence-corrected chi connectivity index (χ3v) is 5.90. The molecule has 1 aliphatic rings. The van der Waals surface area contributed by atoms with Crippen LogP contribution in [0.4, 0.5) is 5.69 Å². The Morgan fingerprint density at radius 1 is 1.15 bits per heavy atom. The Morgan fingerprint density at radius 2 is 1.89 bits per heavy atom. The molecule has 1 aliphatic carbocycles. The van der Waals surface area contributed by atoms with Crippen molar-refractivity contribution < 1.29 is 9.47 Å². The number of hydrogen-bond donors (Lipinski definition) is 2. The Balaban J connectivity index is 2.20. The van der Waals surface area contributed by atoms with Crippen molar-refractivity contribution in [1.29, 1.82) is 0 Å². The van der Waals surface area contributed by atoms with Gasteiger partial charge in [-0.2, -0.15) is 0 Å². The quantitative estimate of drug-likeness (QED) is 0.688. The van der Waals surface area contributed by atoms with Crippen LogP contribution in [-0.4, -0.2) is 25.7 Å². The average Bonchev–Trinajstić information content (AvgIpc) is 2.71. The van der Waals surface area contributed by atoms with Crippen molar-refractivity contribution in [3.05, 3.63) is 23.4 Å². The molecular weight excluding hydrogens is 338 g/mol. The molecule has 0 aliphatic heterocycles. The van der Waals surface area contributed by atoms with Gasteiger partial charge in [0.05, 0.1) is 25.4 Å². The van der Waals surface area contributed by atoms with E-state index in [4.69, 9.17) is 25.9 Å². The highest BCUT2D eigenvalue weighted by molar-refractivity contribution is 5.97. The first-order chi connectivity index (χ1) is 13.1. The number of ether oxygens (including phenoxy) is 2. The number of methoxy groups -OCH3 is 2. The zero-order valence-electron chi connectivity index (χ0n) is 16.9. The molecule has 0 radical (unpaired) electrons. The minimum atomic E-state index is 0.402. The summed E-state index contributed by atoms with van der Waals surface area (Å²) in [5, 5.41) is 0.934. The fraction of sp³-hybridized carbons (Fsp3) is 0.591. The third-order valence-electron chi connectivity index (χ3n) is 5.90. The van der Waals surface area contributed by atoms with Crippen LogP contribution in [0.25, 0.3) is 10.9 Å². The van der Waals surface area contributed by atoms with Crippen molar-refractivity contribution in [3.63, 3.8) is 0 Å². The van der Waals surface area contributed by atoms with Crippen molar-refractivity contribution in [2.75, 3.05) is 26.5 Å². The molecule has 0 saturated heterocycles. The van der Waals surface area contributed by atoms with Gasteiger partial charge in [0, 0.05) is 23.1 Å². The van der Waals surface area contributed by atoms with Crippen LogP contribution in [-0.2, 0) is 0 Å². The van der Waals surface area contributed by atoms with Gasteiger partial charge in [-0.1, -0.05) is 26.2 Å². The van der Waals surface area contributed by atoms with E-state index in [9.17, 15) is 0 Å². The zero-order valence-corrected chi connectivity index (χ0v) is 16.9. The molecule has 148 valence electrons. The lowest BCUT2D eigenvalue weighted by Gasteiger charge is -2.27. The van der Waals surface area contributed by atoms with Crippen molar-refractivity contribution in [1.82, 2.24) is 4.98 Å². The summed E-state index contributed by atoms with van der Waals surface area (Å²) < 4.78 is 11.2. The van der Waals surface area contributed by atoms with Crippen LogP contribution in [0.15, 0.2) is 12.1 Å². The van der Waals surface area contributed by atoms with Gasteiger partial charge < -0.3 is 20.9 Å². The largest absolute Gasteiger partial charge is 0.493 e. The minimum Gasteiger partial charge on any atom is -0.493 e. The highest BCUT2D eigenvalue weighted by Crippen LogP contribution is 2.43. The third kappa shape index (κ3) is 3.98. The standard InChI is InChI=1S/C22H33N3O2/c1-14(8-7-11-23)16-12-17-21(18(24)13-19(26-2)22(17)27-3)25-20(16)15-9-5-4-6-10-15/h12-15H,4-11,23-24H2,1-3H3. The normalized spacial score (nSPS) is 16.4. The molecule has 1 heterocycles. The lowest BCUT2D eigenvalue weighted by molar-refractivity contribution is 0.358. The molecule has 1 saturated carbocycles. The van der Waals surface area contributed by atoms with E-state index in [1.165, 1.54) is 43.4 Å². The van der Waals surface area contributed by atoms with Gasteiger partial charge in [-0.05, 0) is 49.8 Å². The van der Waals surface area contributed by atoms with E-state index < -0.39 is 0 Å². The van der Waals surface area contributed by atoms with Crippen LogP contribution in [0.2, 0.25) is 0 Å². The molecule has 1 fully saturated rings. The number of nitrogens with zero attached hydrogens (tertiary/aromatic N) is 1. The summed E-state index contributed by atoms with van der Waals surface area (Å²) >= 11 is 0. The van der Waals surface area contributed by atoms with E-state index >= 15 is 0 Å². The molecule has 1 aromatic carbocycles. The lowest BCUT2D eigenvalue weighted by Crippen LogP contribution is -2.13. The minimum absolute atomic E-state index is 0.402. The summed E-state index contributed by atoms with van der Waals surface area (Å²) in [6, 6.07) is 4.06. The molecule has 0 spiro atoms. The Morgan fingerprint density at radius 3 is 2.52 bits per heavy atom. The Bertz CT molecular complexity index is 785. The number of benzene rings is 1. The molecule has 1 unspecified atom stereocenters. The van der Waals surface area contributed by atoms with Crippen LogP contribution in [0, 0.1) is 0 Å². The topological polar surface area (TPSA) is 83.4 Å². The molecule has 2 aromatic rings. The van der Waals surface area contributed by atoms with E-state index in [1.807, 2.05) is 6.07 Å². The summed E-state index contributed by atoms with van der Waals surface area (Å²) in [7, 11) is 3.30. The molecular formula is C22H33N3O2. The average molecular weight is 372 g/mol. The van der Waals surface area contributed by atoms with Crippen LogP contribution < -0.4 is 20.9 Å². The lowest BCUT2D eigenvalue weighted by atomic mass is 9.81. The molecule has 1 atom stereocenters. The molecule has 0 amide bonds. The maximum atomic E-state index is 6.35. The second-order valence-corrected chi connectivity index (χ2v) is 7.73. The van der Waals surface area contributed by atoms with Crippen molar-refractivity contribution in [2.45, 2.75) is 63.7 Å². The number of nitrogen functional groups attached to an aromatic ring is 1. The predicted octanol–water partition coefficient (Wildman–Crippen LogP) is 4.72. The number of pyridine rings is 1. The molecule has 5 nitrogen and oxygen atoms in total. The predicted molar refractivity (Wildman–Crippen MR) is 112 cm³/mol. The summed E-state index contributed by atoms with van der Waals surface area (Å²) in [6.45, 7) is 3.00. The summed E-state index contributed by atoms with van der Waals surface area (Å²) in [4.78, 5) is 5.12. The van der Waals surface area contributed by atoms with Crippen LogP contribution in [0.5, 0.6) is 11.5 Å². The second-order valence-electron chi connectivity index (χ2n) is 7.73. The van der Waals surface area contributed by atoms with Crippen molar-refractivity contribution in [2.24, 2.45) is 5.73 Å². The number of hydrogen-bond acceptors (Lipinski definition) is 5. The highest BCUT2D eigenvalue weighted by atomic mass is 16.5. The molecule has 5 heteroatoms. The van der Waals surface area contributed by atoms with Crippen LogP contribution in [0.1, 0.15) is 75.0 Å². The number of anilines is 1. The Labute approximate surface area is 162 Å². The molecule has 4 N–H and O–H groups in total. The summed E-state index contributed by atoms with van der Waals surface area (Å²) in [5.41, 5.74) is 16.1. The van der Waals surface area contributed by atoms with E-state index in [0.717, 1.165) is 23.7 Å². The highest BCUT2D eigenvalue weighted by Gasteiger charge is 2.25. The number of aromatic nitrogens is 1. The number of rotatable bonds is 7.